The van der Waals surface area contributed by atoms with Crippen molar-refractivity contribution in [2.75, 3.05) is 25.0 Å². The highest BCUT2D eigenvalue weighted by atomic mass is 19.1. The summed E-state index contributed by atoms with van der Waals surface area (Å²) in [6.07, 6.45) is -0.341. The highest BCUT2D eigenvalue weighted by molar-refractivity contribution is 6.01. The summed E-state index contributed by atoms with van der Waals surface area (Å²) in [6, 6.07) is 9.27. The Hall–Kier alpha value is -3.81. The van der Waals surface area contributed by atoms with Gasteiger partial charge in [-0.15, -0.1) is 0 Å². The van der Waals surface area contributed by atoms with Gasteiger partial charge in [0, 0.05) is 32.4 Å². The lowest BCUT2D eigenvalue weighted by molar-refractivity contribution is 0.0217. The van der Waals surface area contributed by atoms with Crippen LogP contribution >= 0.6 is 0 Å². The van der Waals surface area contributed by atoms with Crippen molar-refractivity contribution < 1.29 is 23.1 Å². The fourth-order valence-corrected chi connectivity index (χ4v) is 4.07. The quantitative estimate of drug-likeness (QED) is 0.633. The number of nitriles is 1. The lowest BCUT2D eigenvalue weighted by Gasteiger charge is -2.15. The second-order valence-corrected chi connectivity index (χ2v) is 7.55. The highest BCUT2D eigenvalue weighted by Gasteiger charge is 2.33. The molecule has 0 spiro atoms. The summed E-state index contributed by atoms with van der Waals surface area (Å²) in [4.78, 5) is 18.7. The third kappa shape index (κ3) is 3.19. The average Bonchev–Trinajstić information content (AvgIpc) is 3.52. The van der Waals surface area contributed by atoms with E-state index in [1.165, 1.54) is 28.9 Å². The molecule has 1 aromatic carbocycles. The van der Waals surface area contributed by atoms with Crippen LogP contribution in [-0.4, -0.2) is 58.1 Å². The van der Waals surface area contributed by atoms with Gasteiger partial charge in [-0.2, -0.15) is 10.4 Å². The molecule has 0 unspecified atom stereocenters. The Kier molecular flexibility index (Phi) is 4.05. The maximum absolute atomic E-state index is 14.7. The number of β-amino-alcohol motifs (C(OH)–C–C–N with tert-alkyl or cyclic N) is 1. The van der Waals surface area contributed by atoms with Crippen LogP contribution in [0.1, 0.15) is 25.7 Å². The molecule has 1 saturated heterocycles. The third-order valence-electron chi connectivity index (χ3n) is 5.64. The number of hydrogen-bond acceptors (Lipinski definition) is 7. The summed E-state index contributed by atoms with van der Waals surface area (Å²) in [6.45, 7) is 0.363. The van der Waals surface area contributed by atoms with Crippen LogP contribution in [0.15, 0.2) is 36.5 Å². The molecule has 4 heterocycles. The number of fused-ring (bicyclic) bond motifs is 1. The van der Waals surface area contributed by atoms with Crippen molar-refractivity contribution in [2.24, 2.45) is 0 Å². The van der Waals surface area contributed by atoms with Crippen LogP contribution in [0.25, 0.3) is 16.9 Å². The van der Waals surface area contributed by atoms with Gasteiger partial charge in [-0.25, -0.2) is 14.1 Å². The Morgan fingerprint density at radius 1 is 1.38 bits per heavy atom. The average molecular weight is 437 g/mol. The number of amides is 1. The minimum absolute atomic E-state index is 0.0260. The lowest BCUT2D eigenvalue weighted by Crippen LogP contribution is -2.25. The molecule has 0 radical (unpaired) electrons. The highest BCUT2D eigenvalue weighted by Crippen LogP contribution is 2.32. The van der Waals surface area contributed by atoms with Gasteiger partial charge in [0.1, 0.15) is 11.9 Å². The number of carbonyl (C=O) groups excluding carboxylic acids is 1. The molecular formula is C22H19FN6O3. The van der Waals surface area contributed by atoms with E-state index in [4.69, 9.17) is 8.85 Å². The topological polar surface area (TPSA) is 116 Å². The van der Waals surface area contributed by atoms with Crippen LogP contribution in [-0.2, 0) is 11.3 Å². The predicted molar refractivity (Wildman–Crippen MR) is 112 cm³/mol. The summed E-state index contributed by atoms with van der Waals surface area (Å²) in [5.41, 5.74) is 1.34. The van der Waals surface area contributed by atoms with E-state index in [0.29, 0.717) is 17.2 Å². The number of ether oxygens (including phenoxy) is 1. The maximum Gasteiger partial charge on any atom is 0.255 e. The zero-order chi connectivity index (χ0) is 24.9. The molecule has 9 nitrogen and oxygen atoms in total. The van der Waals surface area contributed by atoms with E-state index in [1.807, 2.05) is 6.07 Å². The van der Waals surface area contributed by atoms with E-state index >= 15 is 0 Å². The molecule has 5 rings (SSSR count). The molecule has 2 aliphatic heterocycles. The Labute approximate surface area is 186 Å². The molecule has 2 aromatic heterocycles. The van der Waals surface area contributed by atoms with E-state index < -0.39 is 25.1 Å². The Morgan fingerprint density at radius 3 is 3.06 bits per heavy atom. The maximum atomic E-state index is 14.7. The van der Waals surface area contributed by atoms with Gasteiger partial charge in [-0.1, -0.05) is 6.07 Å². The normalized spacial score (nSPS) is 21.5. The first-order valence-electron chi connectivity index (χ1n) is 11.3. The summed E-state index contributed by atoms with van der Waals surface area (Å²) in [7, 11) is -2.64. The number of methoxy groups -OCH3 is 1. The van der Waals surface area contributed by atoms with E-state index in [0.717, 1.165) is 0 Å². The number of anilines is 1. The second-order valence-electron chi connectivity index (χ2n) is 7.55. The number of carbonyl (C=O) groups is 1. The lowest BCUT2D eigenvalue weighted by atomic mass is 10.0. The van der Waals surface area contributed by atoms with Crippen LogP contribution in [0.4, 0.5) is 10.2 Å². The van der Waals surface area contributed by atoms with Gasteiger partial charge < -0.3 is 20.1 Å². The molecule has 2 N–H and O–H groups in total. The van der Waals surface area contributed by atoms with Crippen molar-refractivity contribution in [2.45, 2.75) is 18.8 Å². The fourth-order valence-electron chi connectivity index (χ4n) is 4.07. The molecule has 0 bridgehead atoms. The summed E-state index contributed by atoms with van der Waals surface area (Å²) >= 11 is 0. The Balaban J connectivity index is 1.54. The van der Waals surface area contributed by atoms with E-state index in [9.17, 15) is 19.6 Å². The number of nitrogens with one attached hydrogen (secondary N) is 1. The molecule has 1 fully saturated rings. The molecule has 3 aromatic rings. The summed E-state index contributed by atoms with van der Waals surface area (Å²) in [5, 5.41) is 26.9. The molecular weight excluding hydrogens is 415 g/mol. The van der Waals surface area contributed by atoms with Crippen molar-refractivity contribution in [3.8, 4) is 23.0 Å². The summed E-state index contributed by atoms with van der Waals surface area (Å²) < 4.78 is 42.9. The molecule has 2 atom stereocenters. The zero-order valence-corrected chi connectivity index (χ0v) is 16.6. The third-order valence-corrected chi connectivity index (χ3v) is 5.64. The van der Waals surface area contributed by atoms with E-state index in [2.05, 4.69) is 15.4 Å². The Morgan fingerprint density at radius 2 is 2.25 bits per heavy atom. The van der Waals surface area contributed by atoms with Gasteiger partial charge in [-0.05, 0) is 18.2 Å². The molecule has 32 heavy (non-hydrogen) atoms. The smallest absolute Gasteiger partial charge is 0.255 e. The number of halogens is 1. The van der Waals surface area contributed by atoms with E-state index in [1.54, 1.807) is 17.2 Å². The van der Waals surface area contributed by atoms with Gasteiger partial charge in [-0.3, -0.25) is 4.79 Å². The van der Waals surface area contributed by atoms with Gasteiger partial charge >= 0.3 is 0 Å². The van der Waals surface area contributed by atoms with Crippen LogP contribution < -0.4 is 10.2 Å². The molecule has 0 aliphatic carbocycles. The van der Waals surface area contributed by atoms with Crippen molar-refractivity contribution in [3.05, 3.63) is 59.2 Å². The number of nitrogens with zero attached hydrogens (tertiary/aromatic N) is 5. The van der Waals surface area contributed by atoms with Crippen LogP contribution in [0, 0.1) is 17.1 Å². The van der Waals surface area contributed by atoms with Gasteiger partial charge in [0.25, 0.3) is 5.91 Å². The number of aliphatic hydroxyl groups excluding tert-OH is 1. The van der Waals surface area contributed by atoms with Crippen LogP contribution in [0.3, 0.4) is 0 Å². The van der Waals surface area contributed by atoms with Gasteiger partial charge in [0.2, 0.25) is 0 Å². The van der Waals surface area contributed by atoms with Crippen molar-refractivity contribution in [1.29, 1.82) is 5.26 Å². The standard InChI is InChI=1S/C22H19FN6O3/c1-32-18-11-28(10-17(18)30)19-5-6-29(27-19)16-7-14(26-15-9-25-22(31)21(15)16)20-12(8-24)3-2-4-13(20)23/h2-7,17-18,30H,9-11H2,1H3,(H,25,31)/t17-,18+/m0/s1/i1D3. The first-order valence-corrected chi connectivity index (χ1v) is 9.82. The van der Waals surface area contributed by atoms with Gasteiger partial charge in [0.15, 0.2) is 5.82 Å². The molecule has 10 heteroatoms. The molecule has 1 amide bonds. The number of pyridine rings is 1. The number of aromatic nitrogens is 3. The van der Waals surface area contributed by atoms with Crippen molar-refractivity contribution >= 4 is 11.7 Å². The predicted octanol–water partition coefficient (Wildman–Crippen LogP) is 1.38. The minimum Gasteiger partial charge on any atom is -0.388 e. The monoisotopic (exact) mass is 437 g/mol. The number of benzene rings is 1. The minimum atomic E-state index is -2.64. The second kappa shape index (κ2) is 7.71. The molecule has 162 valence electrons. The number of aliphatic hydroxyl groups is 1. The van der Waals surface area contributed by atoms with E-state index in [-0.39, 0.29) is 47.9 Å². The molecule has 0 saturated carbocycles. The largest absolute Gasteiger partial charge is 0.388 e. The summed E-state index contributed by atoms with van der Waals surface area (Å²) in [5.74, 6) is -0.551. The molecule has 2 aliphatic rings. The number of rotatable bonds is 4. The van der Waals surface area contributed by atoms with Crippen molar-refractivity contribution in [1.82, 2.24) is 20.1 Å². The first-order chi connectivity index (χ1) is 16.6. The number of hydrogen-bond donors (Lipinski definition) is 2. The SMILES string of the molecule is [2H]C([2H])([2H])O[C@@H]1CN(c2ccn(-c3cc(-c4c(F)cccc4C#N)nc4c3C(=O)NC4)n2)C[C@@H]1O. The van der Waals surface area contributed by atoms with Crippen LogP contribution in [0.5, 0.6) is 0 Å². The van der Waals surface area contributed by atoms with Crippen LogP contribution in [0.2, 0.25) is 0 Å². The first kappa shape index (κ1) is 16.8. The zero-order valence-electron chi connectivity index (χ0n) is 19.6. The van der Waals surface area contributed by atoms with Crippen molar-refractivity contribution in [3.63, 3.8) is 0 Å². The Bertz CT molecular complexity index is 1370. The van der Waals surface area contributed by atoms with Gasteiger partial charge in [0.05, 0.1) is 56.6 Å². The fraction of sp³-hybridized carbons (Fsp3) is 0.273.